The van der Waals surface area contributed by atoms with Crippen molar-refractivity contribution in [1.82, 2.24) is 10.4 Å². The molecule has 1 aromatic carbocycles. The zero-order chi connectivity index (χ0) is 15.2. The molecule has 2 rings (SSSR count). The molecule has 2 N–H and O–H groups in total. The van der Waals surface area contributed by atoms with Gasteiger partial charge in [0.05, 0.1) is 17.3 Å². The fraction of sp³-hybridized carbons (Fsp3) is 0.308. The molecule has 0 aliphatic carbocycles. The first-order valence-electron chi connectivity index (χ1n) is 6.07. The minimum Gasteiger partial charge on any atom is -0.479 e. The molecule has 0 unspecified atom stereocenters. The van der Waals surface area contributed by atoms with Crippen LogP contribution < -0.4 is 15.5 Å². The van der Waals surface area contributed by atoms with Gasteiger partial charge in [0.15, 0.2) is 0 Å². The highest BCUT2D eigenvalue weighted by molar-refractivity contribution is 6.32. The second-order valence-corrected chi connectivity index (χ2v) is 4.47. The van der Waals surface area contributed by atoms with Crippen molar-refractivity contribution < 1.29 is 18.7 Å². The number of halogens is 2. The lowest BCUT2D eigenvalue weighted by Crippen LogP contribution is -2.51. The van der Waals surface area contributed by atoms with Crippen LogP contribution in [0.3, 0.4) is 0 Å². The third-order valence-electron chi connectivity index (χ3n) is 2.59. The summed E-state index contributed by atoms with van der Waals surface area (Å²) in [6, 6.07) is 1.76. The molecular formula is C13H13ClFN3O3. The molecule has 112 valence electrons. The first-order valence-corrected chi connectivity index (χ1v) is 6.44. The third kappa shape index (κ3) is 3.98. The highest BCUT2D eigenvalue weighted by atomic mass is 35.5. The van der Waals surface area contributed by atoms with E-state index < -0.39 is 11.8 Å². The SMILES string of the molecule is C#CCOc1cc(NC(=O)N2COCCN2)c(F)cc1Cl. The van der Waals surface area contributed by atoms with E-state index in [-0.39, 0.29) is 29.8 Å². The number of benzene rings is 1. The molecule has 1 saturated heterocycles. The van der Waals surface area contributed by atoms with E-state index in [2.05, 4.69) is 16.7 Å². The summed E-state index contributed by atoms with van der Waals surface area (Å²) in [4.78, 5) is 11.9. The van der Waals surface area contributed by atoms with Crippen LogP contribution in [-0.2, 0) is 4.74 Å². The largest absolute Gasteiger partial charge is 0.479 e. The van der Waals surface area contributed by atoms with Gasteiger partial charge in [-0.1, -0.05) is 17.5 Å². The van der Waals surface area contributed by atoms with E-state index in [0.717, 1.165) is 6.07 Å². The van der Waals surface area contributed by atoms with E-state index >= 15 is 0 Å². The van der Waals surface area contributed by atoms with Crippen LogP contribution in [0.2, 0.25) is 5.02 Å². The lowest BCUT2D eigenvalue weighted by molar-refractivity contribution is -0.0148. The van der Waals surface area contributed by atoms with Gasteiger partial charge in [0, 0.05) is 12.6 Å². The van der Waals surface area contributed by atoms with Gasteiger partial charge in [-0.3, -0.25) is 0 Å². The molecule has 1 aliphatic rings. The number of hydrazine groups is 1. The normalized spacial score (nSPS) is 14.4. The lowest BCUT2D eigenvalue weighted by Gasteiger charge is -2.27. The summed E-state index contributed by atoms with van der Waals surface area (Å²) < 4.78 is 24.1. The number of nitrogens with zero attached hydrogens (tertiary/aromatic N) is 1. The fourth-order valence-electron chi connectivity index (χ4n) is 1.62. The maximum Gasteiger partial charge on any atom is 0.338 e. The predicted octanol–water partition coefficient (Wildman–Crippen LogP) is 1.82. The number of nitrogens with one attached hydrogen (secondary N) is 2. The number of urea groups is 1. The molecule has 1 heterocycles. The quantitative estimate of drug-likeness (QED) is 0.836. The Morgan fingerprint density at radius 3 is 3.14 bits per heavy atom. The summed E-state index contributed by atoms with van der Waals surface area (Å²) in [7, 11) is 0. The van der Waals surface area contributed by atoms with Crippen LogP contribution in [0.4, 0.5) is 14.9 Å². The predicted molar refractivity (Wildman–Crippen MR) is 75.4 cm³/mol. The number of amides is 2. The molecule has 21 heavy (non-hydrogen) atoms. The van der Waals surface area contributed by atoms with Crippen LogP contribution >= 0.6 is 11.6 Å². The van der Waals surface area contributed by atoms with E-state index in [4.69, 9.17) is 27.5 Å². The third-order valence-corrected chi connectivity index (χ3v) is 2.88. The Hall–Kier alpha value is -2.01. The second kappa shape index (κ2) is 7.13. The van der Waals surface area contributed by atoms with Crippen molar-refractivity contribution in [3.63, 3.8) is 0 Å². The Bertz CT molecular complexity index is 571. The first kappa shape index (κ1) is 15.4. The second-order valence-electron chi connectivity index (χ2n) is 4.06. The summed E-state index contributed by atoms with van der Waals surface area (Å²) in [6.07, 6.45) is 5.08. The maximum absolute atomic E-state index is 13.8. The number of carbonyl (C=O) groups is 1. The topological polar surface area (TPSA) is 62.8 Å². The molecule has 0 bridgehead atoms. The average Bonchev–Trinajstić information content (AvgIpc) is 2.49. The van der Waals surface area contributed by atoms with Gasteiger partial charge in [-0.25, -0.2) is 19.6 Å². The van der Waals surface area contributed by atoms with Gasteiger partial charge in [-0.05, 0) is 6.07 Å². The van der Waals surface area contributed by atoms with E-state index in [1.54, 1.807) is 0 Å². The monoisotopic (exact) mass is 313 g/mol. The minimum atomic E-state index is -0.681. The van der Waals surface area contributed by atoms with Crippen molar-refractivity contribution in [2.45, 2.75) is 0 Å². The summed E-state index contributed by atoms with van der Waals surface area (Å²) >= 11 is 5.83. The maximum atomic E-state index is 13.8. The molecule has 8 heteroatoms. The van der Waals surface area contributed by atoms with Gasteiger partial charge in [0.25, 0.3) is 0 Å². The van der Waals surface area contributed by atoms with Gasteiger partial charge in [0.2, 0.25) is 0 Å². The summed E-state index contributed by atoms with van der Waals surface area (Å²) in [5.41, 5.74) is 2.74. The van der Waals surface area contributed by atoms with Gasteiger partial charge in [-0.15, -0.1) is 6.42 Å². The molecule has 1 aliphatic heterocycles. The average molecular weight is 314 g/mol. The molecule has 2 amide bonds. The van der Waals surface area contributed by atoms with E-state index in [9.17, 15) is 9.18 Å². The first-order chi connectivity index (χ1) is 10.1. The smallest absolute Gasteiger partial charge is 0.338 e. The number of carbonyl (C=O) groups excluding carboxylic acids is 1. The summed E-state index contributed by atoms with van der Waals surface area (Å²) in [5.74, 6) is 1.78. The Balaban J connectivity index is 2.11. The molecule has 1 fully saturated rings. The van der Waals surface area contributed by atoms with Gasteiger partial charge in [-0.2, -0.15) is 0 Å². The fourth-order valence-corrected chi connectivity index (χ4v) is 1.83. The van der Waals surface area contributed by atoms with Crippen molar-refractivity contribution >= 4 is 23.3 Å². The van der Waals surface area contributed by atoms with Crippen molar-refractivity contribution in [3.05, 3.63) is 23.0 Å². The molecular weight excluding hydrogens is 301 g/mol. The molecule has 0 spiro atoms. The number of hydrogen-bond acceptors (Lipinski definition) is 4. The molecule has 0 atom stereocenters. The Morgan fingerprint density at radius 2 is 2.48 bits per heavy atom. The standard InChI is InChI=1S/C13H13ClFN3O3/c1-2-4-21-12-7-11(10(15)6-9(12)14)17-13(19)18-8-20-5-3-16-18/h1,6-7,16H,3-5,8H2,(H,17,19). The van der Waals surface area contributed by atoms with Crippen molar-refractivity contribution in [2.75, 3.05) is 31.8 Å². The van der Waals surface area contributed by atoms with Crippen LogP contribution in [0.1, 0.15) is 0 Å². The van der Waals surface area contributed by atoms with Gasteiger partial charge in [0.1, 0.15) is 24.9 Å². The number of anilines is 1. The van der Waals surface area contributed by atoms with Gasteiger partial charge < -0.3 is 14.8 Å². The van der Waals surface area contributed by atoms with Crippen LogP contribution in [-0.4, -0.2) is 37.5 Å². The van der Waals surface area contributed by atoms with Crippen molar-refractivity contribution in [2.24, 2.45) is 0 Å². The Kier molecular flexibility index (Phi) is 5.22. The number of rotatable bonds is 3. The van der Waals surface area contributed by atoms with Gasteiger partial charge >= 0.3 is 6.03 Å². The number of terminal acetylenes is 1. The zero-order valence-corrected chi connectivity index (χ0v) is 11.7. The van der Waals surface area contributed by atoms with E-state index in [1.807, 2.05) is 0 Å². The molecule has 0 radical (unpaired) electrons. The van der Waals surface area contributed by atoms with Crippen molar-refractivity contribution in [3.8, 4) is 18.1 Å². The van der Waals surface area contributed by atoms with E-state index in [1.165, 1.54) is 11.1 Å². The molecule has 6 nitrogen and oxygen atoms in total. The molecule has 1 aromatic rings. The van der Waals surface area contributed by atoms with Crippen LogP contribution in [0.15, 0.2) is 12.1 Å². The number of hydrogen-bond donors (Lipinski definition) is 2. The van der Waals surface area contributed by atoms with E-state index in [0.29, 0.717) is 13.2 Å². The Labute approximate surface area is 126 Å². The lowest BCUT2D eigenvalue weighted by atomic mass is 10.3. The number of ether oxygens (including phenoxy) is 2. The summed E-state index contributed by atoms with van der Waals surface area (Å²) in [6.45, 7) is 1.05. The highest BCUT2D eigenvalue weighted by Gasteiger charge is 2.19. The van der Waals surface area contributed by atoms with Crippen LogP contribution in [0.25, 0.3) is 0 Å². The van der Waals surface area contributed by atoms with Crippen LogP contribution in [0.5, 0.6) is 5.75 Å². The van der Waals surface area contributed by atoms with Crippen molar-refractivity contribution in [1.29, 1.82) is 0 Å². The molecule has 0 aromatic heterocycles. The highest BCUT2D eigenvalue weighted by Crippen LogP contribution is 2.30. The minimum absolute atomic E-state index is 0.0136. The molecule has 0 saturated carbocycles. The Morgan fingerprint density at radius 1 is 1.67 bits per heavy atom. The summed E-state index contributed by atoms with van der Waals surface area (Å²) in [5, 5.41) is 3.67. The van der Waals surface area contributed by atoms with Crippen LogP contribution in [0, 0.1) is 18.2 Å². The zero-order valence-electron chi connectivity index (χ0n) is 11.0.